The molecule has 0 radical (unpaired) electrons. The summed E-state index contributed by atoms with van der Waals surface area (Å²) in [6.07, 6.45) is -0.338. The van der Waals surface area contributed by atoms with Gasteiger partial charge in [-0.2, -0.15) is 0 Å². The van der Waals surface area contributed by atoms with Crippen molar-refractivity contribution in [2.75, 3.05) is 0 Å². The number of hydrogen-bond donors (Lipinski definition) is 2. The Bertz CT molecular complexity index is 297. The van der Waals surface area contributed by atoms with Gasteiger partial charge < -0.3 is 10.8 Å². The Morgan fingerprint density at radius 3 is 2.21 bits per heavy atom. The molecule has 2 atom stereocenters. The number of halogens is 2. The van der Waals surface area contributed by atoms with Gasteiger partial charge in [-0.3, -0.25) is 0 Å². The molecule has 14 heavy (non-hydrogen) atoms. The van der Waals surface area contributed by atoms with Crippen LogP contribution in [-0.4, -0.2) is 11.2 Å². The molecule has 3 N–H and O–H groups in total. The monoisotopic (exact) mass is 201 g/mol. The molecular weight excluding hydrogens is 188 g/mol. The van der Waals surface area contributed by atoms with E-state index in [1.165, 1.54) is 0 Å². The number of aliphatic hydroxyl groups is 1. The van der Waals surface area contributed by atoms with Crippen molar-refractivity contribution < 1.29 is 13.9 Å². The summed E-state index contributed by atoms with van der Waals surface area (Å²) >= 11 is 0. The van der Waals surface area contributed by atoms with E-state index in [2.05, 4.69) is 0 Å². The molecule has 0 aliphatic carbocycles. The molecule has 0 aliphatic rings. The molecule has 1 aromatic carbocycles. The van der Waals surface area contributed by atoms with E-state index in [1.807, 2.05) is 0 Å². The molecule has 0 fully saturated rings. The smallest absolute Gasteiger partial charge is 0.126 e. The second-order valence-corrected chi connectivity index (χ2v) is 3.20. The van der Waals surface area contributed by atoms with Crippen molar-refractivity contribution in [3.8, 4) is 0 Å². The first-order valence-electron chi connectivity index (χ1n) is 4.44. The predicted octanol–water partition coefficient (Wildman–Crippen LogP) is 1.74. The maximum Gasteiger partial charge on any atom is 0.126 e. The zero-order chi connectivity index (χ0) is 10.7. The fourth-order valence-electron chi connectivity index (χ4n) is 1.24. The molecule has 0 saturated heterocycles. The first kappa shape index (κ1) is 11.1. The van der Waals surface area contributed by atoms with Crippen LogP contribution in [0.25, 0.3) is 0 Å². The van der Waals surface area contributed by atoms with Gasteiger partial charge in [0.2, 0.25) is 0 Å². The highest BCUT2D eigenvalue weighted by Crippen LogP contribution is 2.18. The van der Waals surface area contributed by atoms with E-state index in [0.29, 0.717) is 6.42 Å². The zero-order valence-electron chi connectivity index (χ0n) is 7.87. The zero-order valence-corrected chi connectivity index (χ0v) is 7.87. The molecule has 0 heterocycles. The third kappa shape index (κ3) is 2.49. The fraction of sp³-hybridized carbons (Fsp3) is 0.400. The third-order valence-electron chi connectivity index (χ3n) is 2.10. The van der Waals surface area contributed by atoms with Crippen LogP contribution in [0.4, 0.5) is 8.78 Å². The second-order valence-electron chi connectivity index (χ2n) is 3.20. The molecule has 0 amide bonds. The lowest BCUT2D eigenvalue weighted by Crippen LogP contribution is -2.25. The van der Waals surface area contributed by atoms with Crippen LogP contribution in [0.5, 0.6) is 0 Å². The molecule has 0 unspecified atom stereocenters. The van der Waals surface area contributed by atoms with Crippen LogP contribution >= 0.6 is 0 Å². The normalized spacial score (nSPS) is 15.2. The lowest BCUT2D eigenvalue weighted by Gasteiger charge is -2.17. The van der Waals surface area contributed by atoms with E-state index in [9.17, 15) is 13.9 Å². The Labute approximate surface area is 81.4 Å². The van der Waals surface area contributed by atoms with Gasteiger partial charge in [0.1, 0.15) is 11.6 Å². The Morgan fingerprint density at radius 2 is 1.79 bits per heavy atom. The topological polar surface area (TPSA) is 46.2 Å². The Morgan fingerprint density at radius 1 is 1.29 bits per heavy atom. The van der Waals surface area contributed by atoms with Crippen molar-refractivity contribution in [1.29, 1.82) is 0 Å². The van der Waals surface area contributed by atoms with Gasteiger partial charge in [-0.05, 0) is 24.1 Å². The standard InChI is InChI=1S/C10H13F2NO/c1-2-9(14)10(13)6-3-7(11)5-8(12)4-6/h3-5,9-10,14H,2,13H2,1H3/t9-,10+/m0/s1. The van der Waals surface area contributed by atoms with E-state index >= 15 is 0 Å². The van der Waals surface area contributed by atoms with Gasteiger partial charge in [0.05, 0.1) is 12.1 Å². The van der Waals surface area contributed by atoms with Crippen molar-refractivity contribution in [3.63, 3.8) is 0 Å². The van der Waals surface area contributed by atoms with Gasteiger partial charge in [0.25, 0.3) is 0 Å². The summed E-state index contributed by atoms with van der Waals surface area (Å²) in [5.41, 5.74) is 5.88. The van der Waals surface area contributed by atoms with Crippen LogP contribution in [0.2, 0.25) is 0 Å². The molecule has 0 bridgehead atoms. The third-order valence-corrected chi connectivity index (χ3v) is 2.10. The number of rotatable bonds is 3. The highest BCUT2D eigenvalue weighted by Gasteiger charge is 2.16. The first-order chi connectivity index (χ1) is 6.54. The maximum absolute atomic E-state index is 12.8. The summed E-state index contributed by atoms with van der Waals surface area (Å²) in [5, 5.41) is 9.39. The van der Waals surface area contributed by atoms with Gasteiger partial charge in [-0.1, -0.05) is 6.92 Å². The second kappa shape index (κ2) is 4.48. The summed E-state index contributed by atoms with van der Waals surface area (Å²) in [4.78, 5) is 0. The molecular formula is C10H13F2NO. The van der Waals surface area contributed by atoms with Gasteiger partial charge in [0, 0.05) is 6.07 Å². The van der Waals surface area contributed by atoms with Crippen molar-refractivity contribution in [2.24, 2.45) is 5.73 Å². The van der Waals surface area contributed by atoms with Gasteiger partial charge >= 0.3 is 0 Å². The molecule has 78 valence electrons. The number of hydrogen-bond acceptors (Lipinski definition) is 2. The highest BCUT2D eigenvalue weighted by molar-refractivity contribution is 5.21. The van der Waals surface area contributed by atoms with Crippen molar-refractivity contribution >= 4 is 0 Å². The SMILES string of the molecule is CC[C@H](O)[C@H](N)c1cc(F)cc(F)c1. The molecule has 1 rings (SSSR count). The van der Waals surface area contributed by atoms with Crippen LogP contribution in [-0.2, 0) is 0 Å². The van der Waals surface area contributed by atoms with E-state index in [0.717, 1.165) is 18.2 Å². The minimum absolute atomic E-state index is 0.275. The van der Waals surface area contributed by atoms with E-state index in [1.54, 1.807) is 6.92 Å². The van der Waals surface area contributed by atoms with E-state index in [4.69, 9.17) is 5.73 Å². The largest absolute Gasteiger partial charge is 0.391 e. The minimum atomic E-state index is -0.781. The Balaban J connectivity index is 2.94. The van der Waals surface area contributed by atoms with Gasteiger partial charge in [-0.25, -0.2) is 8.78 Å². The average Bonchev–Trinajstić information content (AvgIpc) is 2.14. The first-order valence-corrected chi connectivity index (χ1v) is 4.44. The fourth-order valence-corrected chi connectivity index (χ4v) is 1.24. The highest BCUT2D eigenvalue weighted by atomic mass is 19.1. The summed E-state index contributed by atoms with van der Waals surface area (Å²) in [6, 6.07) is 2.29. The number of benzene rings is 1. The van der Waals surface area contributed by atoms with Gasteiger partial charge in [-0.15, -0.1) is 0 Å². The van der Waals surface area contributed by atoms with Crippen LogP contribution in [0, 0.1) is 11.6 Å². The molecule has 1 aromatic rings. The van der Waals surface area contributed by atoms with E-state index < -0.39 is 23.8 Å². The number of nitrogens with two attached hydrogens (primary N) is 1. The molecule has 0 aromatic heterocycles. The molecule has 4 heteroatoms. The number of aliphatic hydroxyl groups excluding tert-OH is 1. The Hall–Kier alpha value is -1.00. The van der Waals surface area contributed by atoms with Crippen LogP contribution in [0.15, 0.2) is 18.2 Å². The lowest BCUT2D eigenvalue weighted by molar-refractivity contribution is 0.140. The van der Waals surface area contributed by atoms with Crippen LogP contribution in [0.3, 0.4) is 0 Å². The summed E-state index contributed by atoms with van der Waals surface area (Å²) in [6.45, 7) is 1.75. The van der Waals surface area contributed by atoms with Crippen LogP contribution < -0.4 is 5.73 Å². The van der Waals surface area contributed by atoms with Crippen molar-refractivity contribution in [3.05, 3.63) is 35.4 Å². The molecule has 0 spiro atoms. The van der Waals surface area contributed by atoms with Gasteiger partial charge in [0.15, 0.2) is 0 Å². The predicted molar refractivity (Wildman–Crippen MR) is 49.6 cm³/mol. The molecule has 0 saturated carbocycles. The quantitative estimate of drug-likeness (QED) is 0.782. The summed E-state index contributed by atoms with van der Waals surface area (Å²) in [7, 11) is 0. The summed E-state index contributed by atoms with van der Waals surface area (Å²) < 4.78 is 25.6. The molecule has 0 aliphatic heterocycles. The molecule has 2 nitrogen and oxygen atoms in total. The maximum atomic E-state index is 12.8. The van der Waals surface area contributed by atoms with Crippen molar-refractivity contribution in [1.82, 2.24) is 0 Å². The minimum Gasteiger partial charge on any atom is -0.391 e. The summed E-state index contributed by atoms with van der Waals surface area (Å²) in [5.74, 6) is -1.36. The Kier molecular flexibility index (Phi) is 3.55. The average molecular weight is 201 g/mol. The lowest BCUT2D eigenvalue weighted by atomic mass is 10.0. The van der Waals surface area contributed by atoms with Crippen LogP contribution in [0.1, 0.15) is 24.9 Å². The van der Waals surface area contributed by atoms with Crippen molar-refractivity contribution in [2.45, 2.75) is 25.5 Å². The van der Waals surface area contributed by atoms with E-state index in [-0.39, 0.29) is 5.56 Å².